The Hall–Kier alpha value is -1.55. The molecule has 3 nitrogen and oxygen atoms in total. The third kappa shape index (κ3) is 1.90. The van der Waals surface area contributed by atoms with E-state index < -0.39 is 0 Å². The maximum atomic E-state index is 13.3. The minimum atomic E-state index is -0.384. The van der Waals surface area contributed by atoms with Crippen LogP contribution < -0.4 is 5.73 Å². The topological polar surface area (TPSA) is 54.7 Å². The van der Waals surface area contributed by atoms with Crippen LogP contribution in [0.1, 0.15) is 42.6 Å². The second-order valence-corrected chi connectivity index (χ2v) is 6.49. The lowest BCUT2D eigenvalue weighted by Crippen LogP contribution is -1.92. The lowest BCUT2D eigenvalue weighted by atomic mass is 10.0. The molecule has 1 saturated carbocycles. The summed E-state index contributed by atoms with van der Waals surface area (Å²) < 4.78 is 13.3. The number of hydrogen-bond acceptors (Lipinski definition) is 2. The van der Waals surface area contributed by atoms with E-state index in [4.69, 9.17) is 17.3 Å². The Morgan fingerprint density at radius 1 is 1.35 bits per heavy atom. The van der Waals surface area contributed by atoms with Gasteiger partial charge in [0.05, 0.1) is 10.7 Å². The molecule has 0 aliphatic heterocycles. The first kappa shape index (κ1) is 13.4. The standard InChI is InChI=1S/C15H17ClFN3/c1-7-13(20-14(18)19-7)12-11(15(12,2)3)8-4-5-10(17)9(16)6-8/h4-6,11-12H,1-3H3,(H3,18,19,20)/t11-,12+/m1/s1. The first-order chi connectivity index (χ1) is 9.32. The van der Waals surface area contributed by atoms with Gasteiger partial charge in [0.15, 0.2) is 5.95 Å². The third-order valence-electron chi connectivity index (χ3n) is 4.37. The van der Waals surface area contributed by atoms with Crippen LogP contribution in [0.4, 0.5) is 10.3 Å². The molecule has 0 spiro atoms. The maximum Gasteiger partial charge on any atom is 0.197 e. The smallest absolute Gasteiger partial charge is 0.197 e. The van der Waals surface area contributed by atoms with E-state index >= 15 is 0 Å². The summed E-state index contributed by atoms with van der Waals surface area (Å²) in [6, 6.07) is 4.95. The van der Waals surface area contributed by atoms with Crippen LogP contribution in [0, 0.1) is 18.2 Å². The molecule has 0 radical (unpaired) electrons. The minimum Gasteiger partial charge on any atom is -0.369 e. The van der Waals surface area contributed by atoms with Gasteiger partial charge in [-0.3, -0.25) is 0 Å². The highest BCUT2D eigenvalue weighted by molar-refractivity contribution is 6.30. The van der Waals surface area contributed by atoms with Gasteiger partial charge in [-0.1, -0.05) is 31.5 Å². The summed E-state index contributed by atoms with van der Waals surface area (Å²) in [5.41, 5.74) is 8.83. The van der Waals surface area contributed by atoms with Crippen molar-refractivity contribution in [3.8, 4) is 0 Å². The van der Waals surface area contributed by atoms with E-state index in [-0.39, 0.29) is 28.1 Å². The molecular formula is C15H17ClFN3. The van der Waals surface area contributed by atoms with Gasteiger partial charge in [0.1, 0.15) is 5.82 Å². The van der Waals surface area contributed by atoms with Crippen molar-refractivity contribution in [2.24, 2.45) is 5.41 Å². The van der Waals surface area contributed by atoms with Gasteiger partial charge in [-0.2, -0.15) is 0 Å². The predicted molar refractivity (Wildman–Crippen MR) is 78.4 cm³/mol. The first-order valence-electron chi connectivity index (χ1n) is 6.59. The van der Waals surface area contributed by atoms with E-state index in [0.717, 1.165) is 17.0 Å². The number of rotatable bonds is 2. The maximum absolute atomic E-state index is 13.3. The molecule has 3 N–H and O–H groups in total. The predicted octanol–water partition coefficient (Wildman–Crippen LogP) is 4.00. The minimum absolute atomic E-state index is 0.0630. The quantitative estimate of drug-likeness (QED) is 0.879. The summed E-state index contributed by atoms with van der Waals surface area (Å²) in [6.07, 6.45) is 0. The molecular weight excluding hydrogens is 277 g/mol. The summed E-state index contributed by atoms with van der Waals surface area (Å²) in [7, 11) is 0. The van der Waals surface area contributed by atoms with Crippen molar-refractivity contribution >= 4 is 17.5 Å². The molecule has 1 aliphatic rings. The van der Waals surface area contributed by atoms with Gasteiger partial charge in [-0.15, -0.1) is 0 Å². The fraction of sp³-hybridized carbons (Fsp3) is 0.400. The fourth-order valence-electron chi connectivity index (χ4n) is 3.28. The van der Waals surface area contributed by atoms with E-state index in [1.54, 1.807) is 12.1 Å². The highest BCUT2D eigenvalue weighted by Gasteiger charge is 2.60. The molecule has 2 aromatic rings. The van der Waals surface area contributed by atoms with Crippen molar-refractivity contribution in [3.05, 3.63) is 46.0 Å². The summed E-state index contributed by atoms with van der Waals surface area (Å²) in [5.74, 6) is 0.612. The largest absolute Gasteiger partial charge is 0.369 e. The molecule has 106 valence electrons. The summed E-state index contributed by atoms with van der Waals surface area (Å²) in [6.45, 7) is 6.34. The van der Waals surface area contributed by atoms with Crippen molar-refractivity contribution in [2.75, 3.05) is 5.73 Å². The van der Waals surface area contributed by atoms with Crippen molar-refractivity contribution in [1.82, 2.24) is 9.97 Å². The number of nitrogen functional groups attached to an aromatic ring is 1. The number of aromatic nitrogens is 2. The van der Waals surface area contributed by atoms with Crippen LogP contribution in [0.2, 0.25) is 5.02 Å². The normalized spacial score (nSPS) is 23.9. The number of H-pyrrole nitrogens is 1. The first-order valence-corrected chi connectivity index (χ1v) is 6.97. The number of anilines is 1. The number of nitrogens with two attached hydrogens (primary N) is 1. The average molecular weight is 294 g/mol. The number of hydrogen-bond donors (Lipinski definition) is 2. The summed E-state index contributed by atoms with van der Waals surface area (Å²) in [5, 5.41) is 0.169. The Morgan fingerprint density at radius 2 is 2.05 bits per heavy atom. The van der Waals surface area contributed by atoms with Crippen molar-refractivity contribution < 1.29 is 4.39 Å². The number of halogens is 2. The fourth-order valence-corrected chi connectivity index (χ4v) is 3.47. The molecule has 0 unspecified atom stereocenters. The zero-order valence-electron chi connectivity index (χ0n) is 11.7. The zero-order valence-corrected chi connectivity index (χ0v) is 12.4. The molecule has 1 fully saturated rings. The van der Waals surface area contributed by atoms with Gasteiger partial charge in [0.25, 0.3) is 0 Å². The van der Waals surface area contributed by atoms with Crippen molar-refractivity contribution in [3.63, 3.8) is 0 Å². The number of benzene rings is 1. The Balaban J connectivity index is 1.99. The SMILES string of the molecule is Cc1[nH]c(N)nc1[C@@H]1[C@@H](c2ccc(F)c(Cl)c2)C1(C)C. The van der Waals surface area contributed by atoms with Crippen LogP contribution in [0.15, 0.2) is 18.2 Å². The van der Waals surface area contributed by atoms with Crippen molar-refractivity contribution in [2.45, 2.75) is 32.6 Å². The number of imidazole rings is 1. The van der Waals surface area contributed by atoms with E-state index in [1.165, 1.54) is 6.07 Å². The van der Waals surface area contributed by atoms with Crippen LogP contribution in [-0.2, 0) is 0 Å². The van der Waals surface area contributed by atoms with Crippen LogP contribution in [0.3, 0.4) is 0 Å². The molecule has 1 aromatic heterocycles. The van der Waals surface area contributed by atoms with Crippen molar-refractivity contribution in [1.29, 1.82) is 0 Å². The van der Waals surface area contributed by atoms with E-state index in [1.807, 2.05) is 6.92 Å². The number of nitrogens with one attached hydrogen (secondary N) is 1. The van der Waals surface area contributed by atoms with Gasteiger partial charge in [-0.25, -0.2) is 9.37 Å². The van der Waals surface area contributed by atoms with Crippen LogP contribution in [0.25, 0.3) is 0 Å². The second kappa shape index (κ2) is 4.22. The van der Waals surface area contributed by atoms with E-state index in [0.29, 0.717) is 5.95 Å². The van der Waals surface area contributed by atoms with Crippen LogP contribution in [0.5, 0.6) is 0 Å². The summed E-state index contributed by atoms with van der Waals surface area (Å²) in [4.78, 5) is 7.44. The lowest BCUT2D eigenvalue weighted by Gasteiger charge is -2.03. The van der Waals surface area contributed by atoms with Gasteiger partial charge in [0, 0.05) is 11.6 Å². The van der Waals surface area contributed by atoms with Gasteiger partial charge in [0.2, 0.25) is 0 Å². The van der Waals surface area contributed by atoms with E-state index in [2.05, 4.69) is 23.8 Å². The Labute approximate surface area is 122 Å². The molecule has 1 aromatic carbocycles. The zero-order chi connectivity index (χ0) is 14.7. The van der Waals surface area contributed by atoms with Gasteiger partial charge >= 0.3 is 0 Å². The van der Waals surface area contributed by atoms with Crippen LogP contribution in [-0.4, -0.2) is 9.97 Å². The molecule has 1 aliphatic carbocycles. The monoisotopic (exact) mass is 293 g/mol. The average Bonchev–Trinajstić information content (AvgIpc) is 2.75. The van der Waals surface area contributed by atoms with Gasteiger partial charge in [-0.05, 0) is 36.0 Å². The molecule has 5 heteroatoms. The molecule has 1 heterocycles. The van der Waals surface area contributed by atoms with Gasteiger partial charge < -0.3 is 10.7 Å². The molecule has 0 saturated heterocycles. The second-order valence-electron chi connectivity index (χ2n) is 6.08. The Kier molecular flexibility index (Phi) is 2.83. The molecule has 0 bridgehead atoms. The number of aryl methyl sites for hydroxylation is 1. The molecule has 3 rings (SSSR count). The van der Waals surface area contributed by atoms with Crippen LogP contribution >= 0.6 is 11.6 Å². The number of aromatic amines is 1. The molecule has 0 amide bonds. The Bertz CT molecular complexity index is 678. The summed E-state index contributed by atoms with van der Waals surface area (Å²) >= 11 is 5.89. The third-order valence-corrected chi connectivity index (χ3v) is 4.66. The lowest BCUT2D eigenvalue weighted by molar-refractivity contribution is 0.596. The number of nitrogens with zero attached hydrogens (tertiary/aromatic N) is 1. The van der Waals surface area contributed by atoms with E-state index in [9.17, 15) is 4.39 Å². The molecule has 2 atom stereocenters. The highest BCUT2D eigenvalue weighted by Crippen LogP contribution is 2.70. The molecule has 20 heavy (non-hydrogen) atoms. The highest BCUT2D eigenvalue weighted by atomic mass is 35.5. The Morgan fingerprint density at radius 3 is 2.60 bits per heavy atom.